The largest absolute Gasteiger partial charge is 0.497 e. The first kappa shape index (κ1) is 20.8. The molecular formula is C21H25N4O3S+. The van der Waals surface area contributed by atoms with Crippen LogP contribution in [0.5, 0.6) is 5.75 Å². The van der Waals surface area contributed by atoms with E-state index in [-0.39, 0.29) is 24.8 Å². The lowest BCUT2D eigenvalue weighted by Crippen LogP contribution is -3.11. The number of rotatable bonds is 8. The maximum Gasteiger partial charge on any atom is 0.279 e. The zero-order chi connectivity index (χ0) is 21.0. The molecule has 1 aromatic carbocycles. The van der Waals surface area contributed by atoms with E-state index < -0.39 is 0 Å². The number of Topliss-reactive ketones (excluding diaryl/α,β-unsaturated/α-hetero) is 1. The van der Waals surface area contributed by atoms with Crippen molar-refractivity contribution in [3.05, 3.63) is 58.9 Å². The van der Waals surface area contributed by atoms with Crippen LogP contribution >= 0.6 is 11.3 Å². The van der Waals surface area contributed by atoms with Crippen molar-refractivity contribution in [1.82, 2.24) is 9.55 Å². The fraction of sp³-hybridized carbons (Fsp3) is 0.286. The van der Waals surface area contributed by atoms with Gasteiger partial charge in [-0.3, -0.25) is 14.2 Å². The number of hydrogen-bond acceptors (Lipinski definition) is 5. The molecule has 2 N–H and O–H groups in total. The van der Waals surface area contributed by atoms with E-state index in [9.17, 15) is 9.59 Å². The van der Waals surface area contributed by atoms with Gasteiger partial charge in [-0.2, -0.15) is 0 Å². The number of ether oxygens (including phenoxy) is 1. The number of hydrogen-bond donors (Lipinski definition) is 2. The van der Waals surface area contributed by atoms with Crippen LogP contribution in [0.2, 0.25) is 0 Å². The Balaban J connectivity index is 1.60. The van der Waals surface area contributed by atoms with E-state index in [1.165, 1.54) is 11.3 Å². The molecule has 152 valence electrons. The van der Waals surface area contributed by atoms with Gasteiger partial charge in [-0.05, 0) is 44.2 Å². The lowest BCUT2D eigenvalue weighted by Gasteiger charge is -2.13. The van der Waals surface area contributed by atoms with Gasteiger partial charge in [0.1, 0.15) is 12.3 Å². The topological polar surface area (TPSA) is 77.7 Å². The van der Waals surface area contributed by atoms with Crippen molar-refractivity contribution in [2.45, 2.75) is 13.8 Å². The van der Waals surface area contributed by atoms with Crippen molar-refractivity contribution in [3.63, 3.8) is 0 Å². The van der Waals surface area contributed by atoms with E-state index in [1.54, 1.807) is 37.6 Å². The first-order chi connectivity index (χ1) is 13.9. The minimum Gasteiger partial charge on any atom is -0.497 e. The molecule has 3 aromatic rings. The van der Waals surface area contributed by atoms with Crippen LogP contribution in [0.4, 0.5) is 5.69 Å². The van der Waals surface area contributed by atoms with Gasteiger partial charge in [0.25, 0.3) is 5.91 Å². The summed E-state index contributed by atoms with van der Waals surface area (Å²) in [4.78, 5) is 30.3. The predicted octanol–water partition coefficient (Wildman–Crippen LogP) is 1.90. The SMILES string of the molecule is COc1ccc(NC(=O)C[NH+](C)CC(=O)c2cc(C)n(-c3nccs3)c2C)cc1. The Hall–Kier alpha value is -2.97. The predicted molar refractivity (Wildman–Crippen MR) is 113 cm³/mol. The summed E-state index contributed by atoms with van der Waals surface area (Å²) in [6.07, 6.45) is 1.75. The number of nitrogens with one attached hydrogen (secondary N) is 2. The molecule has 0 saturated heterocycles. The molecule has 2 heterocycles. The molecule has 0 fully saturated rings. The molecule has 0 aliphatic heterocycles. The quantitative estimate of drug-likeness (QED) is 0.553. The van der Waals surface area contributed by atoms with E-state index in [2.05, 4.69) is 10.3 Å². The van der Waals surface area contributed by atoms with Gasteiger partial charge in [-0.15, -0.1) is 11.3 Å². The maximum absolute atomic E-state index is 12.8. The Morgan fingerprint density at radius 3 is 2.55 bits per heavy atom. The zero-order valence-corrected chi connectivity index (χ0v) is 17.8. The van der Waals surface area contributed by atoms with E-state index in [4.69, 9.17) is 4.74 Å². The monoisotopic (exact) mass is 413 g/mol. The third kappa shape index (κ3) is 4.90. The van der Waals surface area contributed by atoms with Gasteiger partial charge in [0, 0.05) is 34.2 Å². The van der Waals surface area contributed by atoms with Crippen molar-refractivity contribution >= 4 is 28.7 Å². The molecule has 0 saturated carbocycles. The highest BCUT2D eigenvalue weighted by Gasteiger charge is 2.21. The second kappa shape index (κ2) is 9.02. The smallest absolute Gasteiger partial charge is 0.279 e. The molecule has 0 spiro atoms. The molecule has 2 aromatic heterocycles. The molecule has 8 heteroatoms. The summed E-state index contributed by atoms with van der Waals surface area (Å²) in [6.45, 7) is 4.32. The Bertz CT molecular complexity index is 994. The lowest BCUT2D eigenvalue weighted by atomic mass is 10.1. The molecule has 1 atom stereocenters. The van der Waals surface area contributed by atoms with Crippen LogP contribution in [0.25, 0.3) is 5.13 Å². The summed E-state index contributed by atoms with van der Waals surface area (Å²) >= 11 is 1.53. The number of likely N-dealkylation sites (N-methyl/N-ethyl adjacent to an activating group) is 1. The second-order valence-electron chi connectivity index (χ2n) is 6.95. The number of carbonyl (C=O) groups is 2. The highest BCUT2D eigenvalue weighted by molar-refractivity contribution is 7.12. The number of ketones is 1. The van der Waals surface area contributed by atoms with Gasteiger partial charge in [-0.1, -0.05) is 0 Å². The Labute approximate surface area is 173 Å². The number of benzene rings is 1. The summed E-state index contributed by atoms with van der Waals surface area (Å²) < 4.78 is 7.10. The molecule has 3 rings (SSSR count). The van der Waals surface area contributed by atoms with Crippen molar-refractivity contribution < 1.29 is 19.2 Å². The van der Waals surface area contributed by atoms with Gasteiger partial charge in [0.15, 0.2) is 11.7 Å². The standard InChI is InChI=1S/C21H24N4O3S/c1-14-11-18(15(2)25(14)21-22-9-10-29-21)19(26)12-24(3)13-20(27)23-16-5-7-17(28-4)8-6-16/h5-11H,12-13H2,1-4H3,(H,23,27)/p+1. The molecule has 1 amide bonds. The van der Waals surface area contributed by atoms with Crippen molar-refractivity contribution in [3.8, 4) is 10.9 Å². The molecule has 1 unspecified atom stereocenters. The van der Waals surface area contributed by atoms with Gasteiger partial charge >= 0.3 is 0 Å². The summed E-state index contributed by atoms with van der Waals surface area (Å²) in [5.74, 6) is 0.594. The Kier molecular flexibility index (Phi) is 6.46. The average Bonchev–Trinajstić information content (AvgIpc) is 3.29. The van der Waals surface area contributed by atoms with Crippen molar-refractivity contribution in [2.24, 2.45) is 0 Å². The van der Waals surface area contributed by atoms with E-state index in [1.807, 2.05) is 36.9 Å². The minimum atomic E-state index is -0.145. The third-order valence-electron chi connectivity index (χ3n) is 4.64. The fourth-order valence-corrected chi connectivity index (χ4v) is 4.00. The number of thiazole rings is 1. The van der Waals surface area contributed by atoms with Crippen LogP contribution in [0.3, 0.4) is 0 Å². The van der Waals surface area contributed by atoms with Crippen LogP contribution < -0.4 is 15.0 Å². The molecule has 0 radical (unpaired) electrons. The number of quaternary nitrogens is 1. The van der Waals surface area contributed by atoms with Crippen LogP contribution in [-0.2, 0) is 4.79 Å². The molecule has 29 heavy (non-hydrogen) atoms. The van der Waals surface area contributed by atoms with Gasteiger partial charge < -0.3 is 15.0 Å². The number of carbonyl (C=O) groups excluding carboxylic acids is 2. The fourth-order valence-electron chi connectivity index (χ4n) is 3.25. The van der Waals surface area contributed by atoms with Crippen LogP contribution in [0.15, 0.2) is 41.9 Å². The van der Waals surface area contributed by atoms with Gasteiger partial charge in [-0.25, -0.2) is 4.98 Å². The first-order valence-corrected chi connectivity index (χ1v) is 10.1. The van der Waals surface area contributed by atoms with Crippen molar-refractivity contribution in [1.29, 1.82) is 0 Å². The number of aromatic nitrogens is 2. The average molecular weight is 414 g/mol. The highest BCUT2D eigenvalue weighted by atomic mass is 32.1. The molecule has 0 bridgehead atoms. The van der Waals surface area contributed by atoms with Gasteiger partial charge in [0.2, 0.25) is 5.78 Å². The second-order valence-corrected chi connectivity index (χ2v) is 7.82. The van der Waals surface area contributed by atoms with E-state index >= 15 is 0 Å². The molecular weight excluding hydrogens is 388 g/mol. The number of amides is 1. The van der Waals surface area contributed by atoms with Crippen LogP contribution in [0.1, 0.15) is 21.7 Å². The number of methoxy groups -OCH3 is 1. The van der Waals surface area contributed by atoms with Gasteiger partial charge in [0.05, 0.1) is 14.2 Å². The van der Waals surface area contributed by atoms with Crippen LogP contribution in [-0.4, -0.2) is 48.5 Å². The van der Waals surface area contributed by atoms with E-state index in [0.29, 0.717) is 11.3 Å². The summed E-state index contributed by atoms with van der Waals surface area (Å²) in [5, 5.41) is 5.60. The first-order valence-electron chi connectivity index (χ1n) is 9.26. The van der Waals surface area contributed by atoms with E-state index in [0.717, 1.165) is 27.2 Å². The highest BCUT2D eigenvalue weighted by Crippen LogP contribution is 2.22. The summed E-state index contributed by atoms with van der Waals surface area (Å²) in [6, 6.07) is 9.03. The van der Waals surface area contributed by atoms with Crippen LogP contribution in [0, 0.1) is 13.8 Å². The normalized spacial score (nSPS) is 11.9. The number of nitrogens with zero attached hydrogens (tertiary/aromatic N) is 2. The molecule has 7 nitrogen and oxygen atoms in total. The third-order valence-corrected chi connectivity index (χ3v) is 5.40. The lowest BCUT2D eigenvalue weighted by molar-refractivity contribution is -0.861. The molecule has 0 aliphatic rings. The summed E-state index contributed by atoms with van der Waals surface area (Å²) in [5.41, 5.74) is 3.21. The maximum atomic E-state index is 12.8. The number of anilines is 1. The summed E-state index contributed by atoms with van der Waals surface area (Å²) in [7, 11) is 3.43. The number of aryl methyl sites for hydroxylation is 1. The van der Waals surface area contributed by atoms with Crippen molar-refractivity contribution in [2.75, 3.05) is 32.6 Å². The molecule has 0 aliphatic carbocycles. The Morgan fingerprint density at radius 2 is 1.93 bits per heavy atom. The zero-order valence-electron chi connectivity index (χ0n) is 17.0. The minimum absolute atomic E-state index is 0.00986. The Morgan fingerprint density at radius 1 is 1.21 bits per heavy atom.